The minimum Gasteiger partial charge on any atom is -0.292 e. The number of rotatable bonds is 1. The minimum absolute atomic E-state index is 0.0654. The lowest BCUT2D eigenvalue weighted by Crippen LogP contribution is -2.40. The van der Waals surface area contributed by atoms with Gasteiger partial charge in [-0.3, -0.25) is 25.2 Å². The van der Waals surface area contributed by atoms with Crippen LogP contribution in [0.25, 0.3) is 0 Å². The van der Waals surface area contributed by atoms with E-state index in [4.69, 9.17) is 0 Å². The largest absolute Gasteiger partial charge is 0.302 e. The van der Waals surface area contributed by atoms with Gasteiger partial charge in [0.15, 0.2) is 0 Å². The van der Waals surface area contributed by atoms with Crippen molar-refractivity contribution in [1.82, 2.24) is 10.9 Å². The summed E-state index contributed by atoms with van der Waals surface area (Å²) in [6.45, 7) is 1.21. The summed E-state index contributed by atoms with van der Waals surface area (Å²) in [5.41, 5.74) is 3.75. The molecule has 5 heteroatoms. The van der Waals surface area contributed by atoms with E-state index in [1.54, 1.807) is 0 Å². The highest BCUT2D eigenvalue weighted by Gasteiger charge is 1.94. The first kappa shape index (κ1) is 7.61. The van der Waals surface area contributed by atoms with Gasteiger partial charge >= 0.3 is 5.91 Å². The van der Waals surface area contributed by atoms with Gasteiger partial charge in [-0.15, -0.1) is 0 Å². The second kappa shape index (κ2) is 3.59. The second-order valence-electron chi connectivity index (χ2n) is 1.29. The fourth-order valence-corrected chi connectivity index (χ4v) is 0.179. The molecular formula is C4H6N2O3. The fourth-order valence-electron chi connectivity index (χ4n) is 0.179. The molecule has 2 N–H and O–H groups in total. The Morgan fingerprint density at radius 3 is 2.22 bits per heavy atom. The molecule has 5 nitrogen and oxygen atoms in total. The van der Waals surface area contributed by atoms with Crippen LogP contribution in [0.5, 0.6) is 0 Å². The quantitative estimate of drug-likeness (QED) is 0.254. The second-order valence-corrected chi connectivity index (χ2v) is 1.29. The normalized spacial score (nSPS) is 7.67. The summed E-state index contributed by atoms with van der Waals surface area (Å²) in [6.07, 6.45) is 0.0654. The Morgan fingerprint density at radius 1 is 1.33 bits per heavy atom. The van der Waals surface area contributed by atoms with Crippen molar-refractivity contribution in [2.45, 2.75) is 6.92 Å². The molecule has 0 atom stereocenters. The average molecular weight is 130 g/mol. The molecule has 0 fully saturated rings. The maximum atomic E-state index is 10.0. The summed E-state index contributed by atoms with van der Waals surface area (Å²) in [6, 6.07) is 0. The number of carbonyl (C=O) groups is 3. The number of hydrazine groups is 1. The monoisotopic (exact) mass is 130 g/mol. The molecule has 0 aliphatic heterocycles. The SMILES string of the molecule is CC(=O)NNC(=O)C=O. The van der Waals surface area contributed by atoms with Gasteiger partial charge in [-0.05, 0) is 0 Å². The van der Waals surface area contributed by atoms with E-state index < -0.39 is 11.8 Å². The lowest BCUT2D eigenvalue weighted by Gasteiger charge is -1.97. The predicted molar refractivity (Wildman–Crippen MR) is 28.0 cm³/mol. The molecular weight excluding hydrogens is 124 g/mol. The van der Waals surface area contributed by atoms with Crippen LogP contribution >= 0.6 is 0 Å². The van der Waals surface area contributed by atoms with Crippen LogP contribution in [0.2, 0.25) is 0 Å². The Kier molecular flexibility index (Phi) is 3.04. The zero-order chi connectivity index (χ0) is 7.28. The molecule has 0 unspecified atom stereocenters. The van der Waals surface area contributed by atoms with E-state index >= 15 is 0 Å². The predicted octanol–water partition coefficient (Wildman–Crippen LogP) is -1.65. The molecule has 0 saturated heterocycles. The van der Waals surface area contributed by atoms with Gasteiger partial charge in [0.1, 0.15) is 0 Å². The molecule has 50 valence electrons. The van der Waals surface area contributed by atoms with Crippen LogP contribution in [0.4, 0.5) is 0 Å². The first-order chi connectivity index (χ1) is 4.16. The van der Waals surface area contributed by atoms with Crippen molar-refractivity contribution < 1.29 is 14.4 Å². The number of nitrogens with one attached hydrogen (secondary N) is 2. The standard InChI is InChI=1S/C4H6N2O3/c1-3(8)5-6-4(9)2-7/h2H,1H3,(H,5,8)(H,6,9). The van der Waals surface area contributed by atoms with Crippen molar-refractivity contribution in [3.63, 3.8) is 0 Å². The maximum absolute atomic E-state index is 10.0. The molecule has 0 aromatic carbocycles. The van der Waals surface area contributed by atoms with Crippen LogP contribution in [0, 0.1) is 0 Å². The van der Waals surface area contributed by atoms with Crippen molar-refractivity contribution in [1.29, 1.82) is 0 Å². The average Bonchev–Trinajstić information content (AvgIpc) is 1.83. The molecule has 0 bridgehead atoms. The van der Waals surface area contributed by atoms with Crippen molar-refractivity contribution in [3.05, 3.63) is 0 Å². The van der Waals surface area contributed by atoms with Crippen LogP contribution in [-0.2, 0) is 14.4 Å². The Bertz CT molecular complexity index is 143. The van der Waals surface area contributed by atoms with Gasteiger partial charge in [-0.25, -0.2) is 0 Å². The Morgan fingerprint density at radius 2 is 1.89 bits per heavy atom. The zero-order valence-corrected chi connectivity index (χ0v) is 4.80. The number of hydrogen-bond acceptors (Lipinski definition) is 3. The van der Waals surface area contributed by atoms with Crippen molar-refractivity contribution in [2.24, 2.45) is 0 Å². The molecule has 0 spiro atoms. The third-order valence-corrected chi connectivity index (χ3v) is 0.469. The van der Waals surface area contributed by atoms with Gasteiger partial charge in [-0.1, -0.05) is 0 Å². The number of amides is 2. The van der Waals surface area contributed by atoms with Crippen LogP contribution in [0.3, 0.4) is 0 Å². The summed E-state index contributed by atoms with van der Waals surface area (Å²) >= 11 is 0. The number of carbonyl (C=O) groups excluding carboxylic acids is 3. The summed E-state index contributed by atoms with van der Waals surface area (Å²) in [4.78, 5) is 29.6. The van der Waals surface area contributed by atoms with Gasteiger partial charge in [-0.2, -0.15) is 0 Å². The zero-order valence-electron chi connectivity index (χ0n) is 4.80. The highest BCUT2D eigenvalue weighted by atomic mass is 16.2. The molecule has 0 aliphatic carbocycles. The molecule has 0 radical (unpaired) electrons. The lowest BCUT2D eigenvalue weighted by molar-refractivity contribution is -0.133. The minimum atomic E-state index is -0.870. The molecule has 0 rings (SSSR count). The molecule has 0 aliphatic rings. The number of hydrogen-bond donors (Lipinski definition) is 2. The summed E-state index contributed by atoms with van der Waals surface area (Å²) in [5, 5.41) is 0. The maximum Gasteiger partial charge on any atom is 0.302 e. The van der Waals surface area contributed by atoms with E-state index in [1.165, 1.54) is 6.92 Å². The van der Waals surface area contributed by atoms with Crippen molar-refractivity contribution >= 4 is 18.1 Å². The Labute approximate surface area is 51.4 Å². The lowest BCUT2D eigenvalue weighted by atomic mass is 10.7. The van der Waals surface area contributed by atoms with E-state index in [1.807, 2.05) is 10.9 Å². The molecule has 0 heterocycles. The van der Waals surface area contributed by atoms with E-state index in [0.717, 1.165) is 0 Å². The van der Waals surface area contributed by atoms with Gasteiger partial charge in [0.05, 0.1) is 0 Å². The van der Waals surface area contributed by atoms with E-state index in [9.17, 15) is 14.4 Å². The van der Waals surface area contributed by atoms with Gasteiger partial charge in [0, 0.05) is 6.92 Å². The molecule has 9 heavy (non-hydrogen) atoms. The van der Waals surface area contributed by atoms with Gasteiger partial charge in [0.25, 0.3) is 0 Å². The highest BCUT2D eigenvalue weighted by molar-refractivity contribution is 6.23. The first-order valence-electron chi connectivity index (χ1n) is 2.18. The van der Waals surface area contributed by atoms with Crippen LogP contribution in [0.1, 0.15) is 6.92 Å². The molecule has 2 amide bonds. The Hall–Kier alpha value is -1.39. The molecule has 0 saturated carbocycles. The van der Waals surface area contributed by atoms with E-state index in [2.05, 4.69) is 0 Å². The third kappa shape index (κ3) is 4.46. The van der Waals surface area contributed by atoms with Crippen molar-refractivity contribution in [2.75, 3.05) is 0 Å². The smallest absolute Gasteiger partial charge is 0.292 e. The summed E-state index contributed by atoms with van der Waals surface area (Å²) in [5.74, 6) is -1.30. The number of aldehydes is 1. The van der Waals surface area contributed by atoms with Gasteiger partial charge < -0.3 is 0 Å². The molecule has 0 aromatic heterocycles. The fraction of sp³-hybridized carbons (Fsp3) is 0.250. The highest BCUT2D eigenvalue weighted by Crippen LogP contribution is 1.53. The topological polar surface area (TPSA) is 75.3 Å². The van der Waals surface area contributed by atoms with E-state index in [0.29, 0.717) is 0 Å². The first-order valence-corrected chi connectivity index (χ1v) is 2.18. The summed E-state index contributed by atoms with van der Waals surface area (Å²) in [7, 11) is 0. The van der Waals surface area contributed by atoms with Crippen LogP contribution in [0.15, 0.2) is 0 Å². The Balaban J connectivity index is 3.39. The van der Waals surface area contributed by atoms with E-state index in [-0.39, 0.29) is 6.29 Å². The summed E-state index contributed by atoms with van der Waals surface area (Å²) < 4.78 is 0. The van der Waals surface area contributed by atoms with Crippen molar-refractivity contribution in [3.8, 4) is 0 Å². The molecule has 0 aromatic rings. The van der Waals surface area contributed by atoms with Crippen LogP contribution in [-0.4, -0.2) is 18.1 Å². The van der Waals surface area contributed by atoms with Gasteiger partial charge in [0.2, 0.25) is 12.2 Å². The third-order valence-electron chi connectivity index (χ3n) is 0.469. The van der Waals surface area contributed by atoms with Crippen LogP contribution < -0.4 is 10.9 Å².